The highest BCUT2D eigenvalue weighted by molar-refractivity contribution is 5.91. The summed E-state index contributed by atoms with van der Waals surface area (Å²) in [7, 11) is 1.57. The highest BCUT2D eigenvalue weighted by Gasteiger charge is 2.10. The number of ether oxygens (including phenoxy) is 1. The molecule has 1 heterocycles. The van der Waals surface area contributed by atoms with E-state index in [1.807, 2.05) is 12.1 Å². The van der Waals surface area contributed by atoms with Crippen LogP contribution in [0.25, 0.3) is 0 Å². The first kappa shape index (κ1) is 13.7. The second-order valence-electron chi connectivity index (χ2n) is 4.02. The van der Waals surface area contributed by atoms with E-state index < -0.39 is 17.1 Å². The van der Waals surface area contributed by atoms with Gasteiger partial charge in [0, 0.05) is 12.6 Å². The second kappa shape index (κ2) is 5.92. The number of methoxy groups -OCH3 is 1. The van der Waals surface area contributed by atoms with Crippen LogP contribution >= 0.6 is 0 Å². The number of benzene rings is 1. The SMILES string of the molecule is COc1ccc(CNC(=O)c2cc(=O)c(O)co2)cc1. The van der Waals surface area contributed by atoms with E-state index in [-0.39, 0.29) is 12.3 Å². The zero-order valence-corrected chi connectivity index (χ0v) is 10.8. The average molecular weight is 275 g/mol. The molecule has 0 aliphatic heterocycles. The summed E-state index contributed by atoms with van der Waals surface area (Å²) in [4.78, 5) is 22.9. The van der Waals surface area contributed by atoms with E-state index in [1.54, 1.807) is 19.2 Å². The number of amides is 1. The second-order valence-corrected chi connectivity index (χ2v) is 4.02. The predicted molar refractivity (Wildman–Crippen MR) is 70.8 cm³/mol. The molecule has 0 aliphatic rings. The Bertz CT molecular complexity index is 660. The molecule has 1 amide bonds. The summed E-state index contributed by atoms with van der Waals surface area (Å²) in [5, 5.41) is 11.6. The van der Waals surface area contributed by atoms with Gasteiger partial charge in [0.05, 0.1) is 7.11 Å². The van der Waals surface area contributed by atoms with Gasteiger partial charge in [-0.3, -0.25) is 9.59 Å². The van der Waals surface area contributed by atoms with Crippen LogP contribution in [0.15, 0.2) is 45.8 Å². The van der Waals surface area contributed by atoms with Crippen molar-refractivity contribution in [3.63, 3.8) is 0 Å². The maximum Gasteiger partial charge on any atom is 0.287 e. The number of hydrogen-bond donors (Lipinski definition) is 2. The Morgan fingerprint density at radius 2 is 2.05 bits per heavy atom. The number of carbonyl (C=O) groups excluding carboxylic acids is 1. The lowest BCUT2D eigenvalue weighted by Crippen LogP contribution is -2.23. The molecule has 1 aromatic carbocycles. The first-order chi connectivity index (χ1) is 9.60. The summed E-state index contributed by atoms with van der Waals surface area (Å²) in [6.07, 6.45) is 0.838. The number of carbonyl (C=O) groups is 1. The number of hydrogen-bond acceptors (Lipinski definition) is 5. The van der Waals surface area contributed by atoms with Gasteiger partial charge in [-0.05, 0) is 17.7 Å². The molecule has 1 aromatic heterocycles. The summed E-state index contributed by atoms with van der Waals surface area (Å²) in [6, 6.07) is 8.13. The van der Waals surface area contributed by atoms with Crippen LogP contribution in [-0.2, 0) is 6.54 Å². The minimum atomic E-state index is -0.661. The molecular formula is C14H13NO5. The fraction of sp³-hybridized carbons (Fsp3) is 0.143. The summed E-state index contributed by atoms with van der Waals surface area (Å²) in [5.74, 6) is -0.486. The monoisotopic (exact) mass is 275 g/mol. The third kappa shape index (κ3) is 3.17. The molecular weight excluding hydrogens is 262 g/mol. The van der Waals surface area contributed by atoms with Gasteiger partial charge in [0.1, 0.15) is 12.0 Å². The van der Waals surface area contributed by atoms with E-state index in [4.69, 9.17) is 14.3 Å². The van der Waals surface area contributed by atoms with Crippen molar-refractivity contribution in [3.8, 4) is 11.5 Å². The third-order valence-electron chi connectivity index (χ3n) is 2.65. The molecule has 0 unspecified atom stereocenters. The van der Waals surface area contributed by atoms with E-state index >= 15 is 0 Å². The van der Waals surface area contributed by atoms with E-state index in [0.29, 0.717) is 0 Å². The predicted octanol–water partition coefficient (Wildman–Crippen LogP) is 1.28. The molecule has 6 heteroatoms. The maximum absolute atomic E-state index is 11.8. The lowest BCUT2D eigenvalue weighted by Gasteiger charge is -2.05. The summed E-state index contributed by atoms with van der Waals surface area (Å²) in [5.41, 5.74) is 0.214. The van der Waals surface area contributed by atoms with Crippen LogP contribution in [0.5, 0.6) is 11.5 Å². The van der Waals surface area contributed by atoms with Crippen molar-refractivity contribution in [3.05, 3.63) is 58.1 Å². The lowest BCUT2D eigenvalue weighted by molar-refractivity contribution is 0.0920. The summed E-state index contributed by atoms with van der Waals surface area (Å²) in [6.45, 7) is 0.285. The van der Waals surface area contributed by atoms with E-state index in [0.717, 1.165) is 23.6 Å². The van der Waals surface area contributed by atoms with Gasteiger partial charge < -0.3 is 19.6 Å². The van der Waals surface area contributed by atoms with Gasteiger partial charge in [-0.1, -0.05) is 12.1 Å². The first-order valence-corrected chi connectivity index (χ1v) is 5.83. The van der Waals surface area contributed by atoms with Crippen LogP contribution in [0.2, 0.25) is 0 Å². The van der Waals surface area contributed by atoms with Crippen LogP contribution in [0.4, 0.5) is 0 Å². The smallest absolute Gasteiger partial charge is 0.287 e. The molecule has 0 saturated carbocycles. The topological polar surface area (TPSA) is 88.8 Å². The van der Waals surface area contributed by atoms with Gasteiger partial charge in [-0.15, -0.1) is 0 Å². The van der Waals surface area contributed by atoms with Crippen LogP contribution in [0.3, 0.4) is 0 Å². The zero-order chi connectivity index (χ0) is 14.5. The summed E-state index contributed by atoms with van der Waals surface area (Å²) < 4.78 is 9.87. The van der Waals surface area contributed by atoms with Gasteiger partial charge >= 0.3 is 0 Å². The van der Waals surface area contributed by atoms with Gasteiger partial charge in [0.15, 0.2) is 11.5 Å². The molecule has 0 aliphatic carbocycles. The van der Waals surface area contributed by atoms with Gasteiger partial charge in [0.25, 0.3) is 5.91 Å². The zero-order valence-electron chi connectivity index (χ0n) is 10.8. The normalized spacial score (nSPS) is 10.1. The molecule has 20 heavy (non-hydrogen) atoms. The van der Waals surface area contributed by atoms with E-state index in [2.05, 4.69) is 5.32 Å². The Hall–Kier alpha value is -2.76. The van der Waals surface area contributed by atoms with Crippen molar-refractivity contribution < 1.29 is 19.1 Å². The van der Waals surface area contributed by atoms with Crippen LogP contribution in [0.1, 0.15) is 16.1 Å². The van der Waals surface area contributed by atoms with E-state index in [9.17, 15) is 9.59 Å². The average Bonchev–Trinajstić information content (AvgIpc) is 2.48. The third-order valence-corrected chi connectivity index (χ3v) is 2.65. The standard InChI is InChI=1S/C14H13NO5/c1-19-10-4-2-9(3-5-10)7-15-14(18)13-6-11(16)12(17)8-20-13/h2-6,8,17H,7H2,1H3,(H,15,18). The van der Waals surface area contributed by atoms with Crippen LogP contribution < -0.4 is 15.5 Å². The number of rotatable bonds is 4. The molecule has 0 radical (unpaired) electrons. The van der Waals surface area contributed by atoms with Crippen molar-refractivity contribution in [2.45, 2.75) is 6.54 Å². The van der Waals surface area contributed by atoms with Crippen molar-refractivity contribution in [1.29, 1.82) is 0 Å². The molecule has 2 aromatic rings. The highest BCUT2D eigenvalue weighted by atomic mass is 16.5. The lowest BCUT2D eigenvalue weighted by atomic mass is 10.2. The minimum Gasteiger partial charge on any atom is -0.502 e. The molecule has 2 N–H and O–H groups in total. The van der Waals surface area contributed by atoms with Crippen molar-refractivity contribution >= 4 is 5.91 Å². The Kier molecular flexibility index (Phi) is 4.05. The van der Waals surface area contributed by atoms with Gasteiger partial charge in [-0.2, -0.15) is 0 Å². The largest absolute Gasteiger partial charge is 0.502 e. The first-order valence-electron chi connectivity index (χ1n) is 5.83. The summed E-state index contributed by atoms with van der Waals surface area (Å²) >= 11 is 0. The minimum absolute atomic E-state index is 0.152. The number of nitrogens with one attached hydrogen (secondary N) is 1. The molecule has 6 nitrogen and oxygen atoms in total. The Balaban J connectivity index is 2.00. The van der Waals surface area contributed by atoms with Crippen LogP contribution in [0, 0.1) is 0 Å². The van der Waals surface area contributed by atoms with Gasteiger partial charge in [0.2, 0.25) is 5.43 Å². The highest BCUT2D eigenvalue weighted by Crippen LogP contribution is 2.11. The molecule has 0 saturated heterocycles. The molecule has 0 spiro atoms. The molecule has 2 rings (SSSR count). The van der Waals surface area contributed by atoms with Crippen molar-refractivity contribution in [1.82, 2.24) is 5.32 Å². The van der Waals surface area contributed by atoms with Crippen molar-refractivity contribution in [2.24, 2.45) is 0 Å². The fourth-order valence-electron chi connectivity index (χ4n) is 1.54. The molecule has 0 bridgehead atoms. The Morgan fingerprint density at radius 1 is 1.35 bits per heavy atom. The van der Waals surface area contributed by atoms with E-state index in [1.165, 1.54) is 0 Å². The molecule has 104 valence electrons. The Labute approximate surface area is 114 Å². The van der Waals surface area contributed by atoms with Crippen LogP contribution in [-0.4, -0.2) is 18.1 Å². The van der Waals surface area contributed by atoms with Gasteiger partial charge in [-0.25, -0.2) is 0 Å². The number of aromatic hydroxyl groups is 1. The Morgan fingerprint density at radius 3 is 2.65 bits per heavy atom. The molecule has 0 fully saturated rings. The maximum atomic E-state index is 11.8. The quantitative estimate of drug-likeness (QED) is 0.877. The fourth-order valence-corrected chi connectivity index (χ4v) is 1.54. The van der Waals surface area contributed by atoms with Crippen molar-refractivity contribution in [2.75, 3.05) is 7.11 Å². The molecule has 0 atom stereocenters.